The molecule has 1 saturated heterocycles. The van der Waals surface area contributed by atoms with E-state index in [9.17, 15) is 9.59 Å². The molecule has 0 N–H and O–H groups in total. The number of amides is 2. The fraction of sp³-hybridized carbons (Fsp3) is 0.385. The van der Waals surface area contributed by atoms with Crippen molar-refractivity contribution in [3.05, 3.63) is 65.7 Å². The number of likely N-dealkylation sites (tertiary alicyclic amines) is 1. The Labute approximate surface area is 198 Å². The zero-order valence-electron chi connectivity index (χ0n) is 19.0. The second kappa shape index (κ2) is 9.14. The van der Waals surface area contributed by atoms with Crippen molar-refractivity contribution >= 4 is 40.3 Å². The Morgan fingerprint density at radius 3 is 2.48 bits per heavy atom. The number of piperidine rings is 1. The second-order valence-corrected chi connectivity index (χ2v) is 10.2. The van der Waals surface area contributed by atoms with Gasteiger partial charge in [-0.05, 0) is 36.0 Å². The summed E-state index contributed by atoms with van der Waals surface area (Å²) in [7, 11) is 0. The predicted octanol–water partition coefficient (Wildman–Crippen LogP) is 4.13. The molecule has 3 aliphatic rings. The lowest BCUT2D eigenvalue weighted by Crippen LogP contribution is -2.45. The first-order chi connectivity index (χ1) is 16.0. The maximum Gasteiger partial charge on any atom is 0.259 e. The van der Waals surface area contributed by atoms with Crippen molar-refractivity contribution < 1.29 is 9.59 Å². The first-order valence-corrected chi connectivity index (χ1v) is 12.5. The highest BCUT2D eigenvalue weighted by molar-refractivity contribution is 8.14. The summed E-state index contributed by atoms with van der Waals surface area (Å²) in [4.78, 5) is 39.6. The van der Waals surface area contributed by atoms with E-state index in [4.69, 9.17) is 9.98 Å². The van der Waals surface area contributed by atoms with Gasteiger partial charge in [0.2, 0.25) is 5.91 Å². The third kappa shape index (κ3) is 4.47. The summed E-state index contributed by atoms with van der Waals surface area (Å²) in [5, 5.41) is 0.541. The lowest BCUT2D eigenvalue weighted by Gasteiger charge is -2.35. The minimum Gasteiger partial charge on any atom is -0.341 e. The van der Waals surface area contributed by atoms with Gasteiger partial charge in [0.25, 0.3) is 5.91 Å². The van der Waals surface area contributed by atoms with Gasteiger partial charge in [-0.25, -0.2) is 9.89 Å². The standard InChI is InChI=1S/C26H28N4O2S/c1-17-12-18(2)15-29(14-17)23(31)16-33-26-28-21-11-7-6-10-20(21)24-27-22(25(32)30(24)26)13-19-8-4-3-5-9-19/h3-11,17-18,22H,12-16H2,1-2H3/t17-,18-,22+/m1/s1. The van der Waals surface area contributed by atoms with E-state index < -0.39 is 6.04 Å². The van der Waals surface area contributed by atoms with Crippen LogP contribution < -0.4 is 0 Å². The molecular weight excluding hydrogens is 432 g/mol. The Morgan fingerprint density at radius 2 is 1.73 bits per heavy atom. The lowest BCUT2D eigenvalue weighted by molar-refractivity contribution is -0.131. The largest absolute Gasteiger partial charge is 0.341 e. The van der Waals surface area contributed by atoms with E-state index in [1.54, 1.807) is 4.90 Å². The number of benzene rings is 2. The molecule has 2 amide bonds. The Morgan fingerprint density at radius 1 is 1.03 bits per heavy atom. The highest BCUT2D eigenvalue weighted by Crippen LogP contribution is 2.34. The van der Waals surface area contributed by atoms with Gasteiger partial charge in [-0.1, -0.05) is 68.1 Å². The van der Waals surface area contributed by atoms with Gasteiger partial charge in [0.15, 0.2) is 5.17 Å². The van der Waals surface area contributed by atoms with Crippen LogP contribution in [0, 0.1) is 11.8 Å². The van der Waals surface area contributed by atoms with Crippen molar-refractivity contribution in [2.45, 2.75) is 32.7 Å². The summed E-state index contributed by atoms with van der Waals surface area (Å²) < 4.78 is 0. The first-order valence-electron chi connectivity index (χ1n) is 11.5. The number of nitrogens with zero attached hydrogens (tertiary/aromatic N) is 4. The highest BCUT2D eigenvalue weighted by Gasteiger charge is 2.41. The molecule has 170 valence electrons. The normalized spacial score (nSPS) is 24.2. The molecule has 0 saturated carbocycles. The summed E-state index contributed by atoms with van der Waals surface area (Å²) in [5.41, 5.74) is 2.72. The summed E-state index contributed by atoms with van der Waals surface area (Å²) in [6.07, 6.45) is 1.70. The molecule has 6 nitrogen and oxygen atoms in total. The van der Waals surface area contributed by atoms with Gasteiger partial charge in [-0.15, -0.1) is 0 Å². The van der Waals surface area contributed by atoms with Crippen molar-refractivity contribution in [3.63, 3.8) is 0 Å². The maximum absolute atomic E-state index is 13.4. The van der Waals surface area contributed by atoms with Crippen LogP contribution in [0.25, 0.3) is 0 Å². The van der Waals surface area contributed by atoms with Crippen LogP contribution >= 0.6 is 11.8 Å². The monoisotopic (exact) mass is 460 g/mol. The van der Waals surface area contributed by atoms with Crippen LogP contribution in [0.3, 0.4) is 0 Å². The van der Waals surface area contributed by atoms with Gasteiger partial charge in [-0.3, -0.25) is 14.6 Å². The number of amidine groups is 2. The van der Waals surface area contributed by atoms with Crippen molar-refractivity contribution in [1.82, 2.24) is 9.80 Å². The minimum atomic E-state index is -0.487. The topological polar surface area (TPSA) is 65.3 Å². The van der Waals surface area contributed by atoms with E-state index in [1.807, 2.05) is 59.5 Å². The van der Waals surface area contributed by atoms with E-state index in [0.717, 1.165) is 36.3 Å². The van der Waals surface area contributed by atoms with E-state index in [0.29, 0.717) is 29.3 Å². The molecule has 7 heteroatoms. The molecule has 2 aromatic rings. The Kier molecular flexibility index (Phi) is 6.06. The summed E-state index contributed by atoms with van der Waals surface area (Å²) in [6, 6.07) is 17.2. The van der Waals surface area contributed by atoms with Crippen LogP contribution in [0.2, 0.25) is 0 Å². The van der Waals surface area contributed by atoms with Gasteiger partial charge < -0.3 is 4.90 Å². The molecule has 0 bridgehead atoms. The van der Waals surface area contributed by atoms with Crippen LogP contribution in [0.15, 0.2) is 64.6 Å². The molecule has 2 aromatic carbocycles. The lowest BCUT2D eigenvalue weighted by atomic mass is 9.92. The molecule has 3 atom stereocenters. The van der Waals surface area contributed by atoms with Gasteiger partial charge in [0.05, 0.1) is 11.4 Å². The van der Waals surface area contributed by atoms with E-state index in [2.05, 4.69) is 13.8 Å². The number of rotatable bonds is 4. The Bertz CT molecular complexity index is 1120. The summed E-state index contributed by atoms with van der Waals surface area (Å²) in [6.45, 7) is 5.99. The number of aliphatic imine (C=N–C) groups is 2. The van der Waals surface area contributed by atoms with E-state index >= 15 is 0 Å². The molecule has 0 aliphatic carbocycles. The third-order valence-electron chi connectivity index (χ3n) is 6.37. The molecule has 1 fully saturated rings. The third-order valence-corrected chi connectivity index (χ3v) is 7.29. The smallest absolute Gasteiger partial charge is 0.259 e. The molecular formula is C26H28N4O2S. The van der Waals surface area contributed by atoms with E-state index in [-0.39, 0.29) is 17.6 Å². The molecule has 3 heterocycles. The second-order valence-electron chi connectivity index (χ2n) is 9.28. The minimum absolute atomic E-state index is 0.0812. The van der Waals surface area contributed by atoms with Crippen LogP contribution in [0.5, 0.6) is 0 Å². The SMILES string of the molecule is C[C@@H]1C[C@@H](C)CN(C(=O)CSC2=Nc3ccccc3C3=N[C@@H](Cc4ccccc4)C(=O)N23)C1. The molecule has 0 aromatic heterocycles. The van der Waals surface area contributed by atoms with Crippen molar-refractivity contribution in [1.29, 1.82) is 0 Å². The van der Waals surface area contributed by atoms with Crippen molar-refractivity contribution in [2.75, 3.05) is 18.8 Å². The number of fused-ring (bicyclic) bond motifs is 3. The van der Waals surface area contributed by atoms with Gasteiger partial charge in [-0.2, -0.15) is 0 Å². The average molecular weight is 461 g/mol. The quantitative estimate of drug-likeness (QED) is 0.689. The number of thioether (sulfide) groups is 1. The molecule has 3 aliphatic heterocycles. The molecule has 0 unspecified atom stereocenters. The average Bonchev–Trinajstić information content (AvgIpc) is 3.13. The number of hydrogen-bond donors (Lipinski definition) is 0. The van der Waals surface area contributed by atoms with Crippen LogP contribution in [0.1, 0.15) is 31.4 Å². The van der Waals surface area contributed by atoms with Crippen molar-refractivity contribution in [3.8, 4) is 0 Å². The number of carbonyl (C=O) groups is 2. The zero-order chi connectivity index (χ0) is 22.9. The van der Waals surface area contributed by atoms with Crippen LogP contribution in [-0.4, -0.2) is 57.5 Å². The fourth-order valence-corrected chi connectivity index (χ4v) is 5.86. The van der Waals surface area contributed by atoms with Crippen LogP contribution in [-0.2, 0) is 16.0 Å². The first kappa shape index (κ1) is 21.9. The van der Waals surface area contributed by atoms with Crippen molar-refractivity contribution in [2.24, 2.45) is 21.8 Å². The highest BCUT2D eigenvalue weighted by atomic mass is 32.2. The Balaban J connectivity index is 1.37. The predicted molar refractivity (Wildman–Crippen MR) is 133 cm³/mol. The molecule has 0 spiro atoms. The number of hydrogen-bond acceptors (Lipinski definition) is 5. The summed E-state index contributed by atoms with van der Waals surface area (Å²) in [5.74, 6) is 1.95. The zero-order valence-corrected chi connectivity index (χ0v) is 19.8. The van der Waals surface area contributed by atoms with Gasteiger partial charge >= 0.3 is 0 Å². The molecule has 0 radical (unpaired) electrons. The molecule has 5 rings (SSSR count). The van der Waals surface area contributed by atoms with E-state index in [1.165, 1.54) is 11.8 Å². The summed E-state index contributed by atoms with van der Waals surface area (Å²) >= 11 is 1.34. The number of carbonyl (C=O) groups excluding carboxylic acids is 2. The Hall–Kier alpha value is -2.93. The number of para-hydroxylation sites is 1. The van der Waals surface area contributed by atoms with Gasteiger partial charge in [0, 0.05) is 25.1 Å². The maximum atomic E-state index is 13.4. The molecule has 33 heavy (non-hydrogen) atoms. The van der Waals surface area contributed by atoms with Crippen LogP contribution in [0.4, 0.5) is 5.69 Å². The van der Waals surface area contributed by atoms with Gasteiger partial charge in [0.1, 0.15) is 11.9 Å². The fourth-order valence-electron chi connectivity index (χ4n) is 4.95.